The van der Waals surface area contributed by atoms with Crippen molar-refractivity contribution in [1.29, 1.82) is 0 Å². The Bertz CT molecular complexity index is 1770. The van der Waals surface area contributed by atoms with E-state index in [0.29, 0.717) is 33.3 Å². The van der Waals surface area contributed by atoms with Crippen LogP contribution in [0.15, 0.2) is 87.0 Å². The van der Waals surface area contributed by atoms with E-state index in [1.54, 1.807) is 24.3 Å². The van der Waals surface area contributed by atoms with E-state index in [-0.39, 0.29) is 9.79 Å². The van der Waals surface area contributed by atoms with Crippen LogP contribution in [-0.2, 0) is 20.0 Å². The number of nitrogens with one attached hydrogen (secondary N) is 2. The fraction of sp³-hybridized carbons (Fsp3) is 0.143. The first kappa shape index (κ1) is 24.9. The quantitative estimate of drug-likeness (QED) is 0.261. The SMILES string of the molecule is Cc1ccc(NS(=O)(=O)c2ccc3oc4ccc(S(=O)(=O)Nc5ccc(C)cc5C)cc4c3c2)c(C)c1. The Morgan fingerprint density at radius 2 is 0.946 bits per heavy atom. The molecule has 0 saturated heterocycles. The van der Waals surface area contributed by atoms with Crippen LogP contribution >= 0.6 is 0 Å². The summed E-state index contributed by atoms with van der Waals surface area (Å²) in [5.74, 6) is 0. The molecule has 5 rings (SSSR count). The molecular formula is C28H26N2O5S2. The average Bonchev–Trinajstić information content (AvgIpc) is 3.20. The van der Waals surface area contributed by atoms with E-state index in [2.05, 4.69) is 9.44 Å². The van der Waals surface area contributed by atoms with Gasteiger partial charge in [-0.3, -0.25) is 9.44 Å². The largest absolute Gasteiger partial charge is 0.456 e. The first-order valence-electron chi connectivity index (χ1n) is 11.6. The molecule has 190 valence electrons. The molecule has 0 atom stereocenters. The molecule has 0 radical (unpaired) electrons. The Morgan fingerprint density at radius 1 is 0.541 bits per heavy atom. The summed E-state index contributed by atoms with van der Waals surface area (Å²) in [5.41, 5.74) is 5.58. The first-order valence-corrected chi connectivity index (χ1v) is 14.6. The molecule has 5 aromatic rings. The van der Waals surface area contributed by atoms with Gasteiger partial charge in [-0.2, -0.15) is 0 Å². The van der Waals surface area contributed by atoms with Crippen molar-refractivity contribution in [2.45, 2.75) is 37.5 Å². The van der Waals surface area contributed by atoms with E-state index in [1.165, 1.54) is 24.3 Å². The molecule has 1 heterocycles. The highest BCUT2D eigenvalue weighted by Crippen LogP contribution is 2.33. The summed E-state index contributed by atoms with van der Waals surface area (Å²) < 4.78 is 63.9. The highest BCUT2D eigenvalue weighted by Gasteiger charge is 2.21. The maximum atomic E-state index is 13.2. The van der Waals surface area contributed by atoms with Crippen LogP contribution in [0.2, 0.25) is 0 Å². The van der Waals surface area contributed by atoms with Crippen molar-refractivity contribution in [2.24, 2.45) is 0 Å². The van der Waals surface area contributed by atoms with E-state index < -0.39 is 20.0 Å². The van der Waals surface area contributed by atoms with Gasteiger partial charge in [0.05, 0.1) is 21.2 Å². The third-order valence-corrected chi connectivity index (χ3v) is 9.01. The lowest BCUT2D eigenvalue weighted by Crippen LogP contribution is -2.14. The smallest absolute Gasteiger partial charge is 0.261 e. The zero-order chi connectivity index (χ0) is 26.5. The number of aryl methyl sites for hydroxylation is 4. The first-order chi connectivity index (χ1) is 17.4. The molecule has 37 heavy (non-hydrogen) atoms. The Labute approximate surface area is 216 Å². The van der Waals surface area contributed by atoms with Crippen molar-refractivity contribution in [1.82, 2.24) is 0 Å². The number of hydrogen-bond donors (Lipinski definition) is 2. The van der Waals surface area contributed by atoms with Crippen LogP contribution in [0.1, 0.15) is 22.3 Å². The minimum atomic E-state index is -3.90. The van der Waals surface area contributed by atoms with Crippen LogP contribution in [-0.4, -0.2) is 16.8 Å². The molecule has 4 aromatic carbocycles. The van der Waals surface area contributed by atoms with Crippen molar-refractivity contribution in [2.75, 3.05) is 9.44 Å². The summed E-state index contributed by atoms with van der Waals surface area (Å²) >= 11 is 0. The molecule has 0 spiro atoms. The van der Waals surface area contributed by atoms with Gasteiger partial charge >= 0.3 is 0 Å². The van der Waals surface area contributed by atoms with Crippen molar-refractivity contribution < 1.29 is 21.3 Å². The Hall–Kier alpha value is -3.82. The molecule has 0 aliphatic rings. The predicted molar refractivity (Wildman–Crippen MR) is 147 cm³/mol. The molecule has 1 aromatic heterocycles. The lowest BCUT2D eigenvalue weighted by molar-refractivity contribution is 0.599. The van der Waals surface area contributed by atoms with Gasteiger partial charge in [-0.05, 0) is 87.4 Å². The number of furan rings is 1. The van der Waals surface area contributed by atoms with E-state index in [0.717, 1.165) is 22.3 Å². The van der Waals surface area contributed by atoms with Crippen molar-refractivity contribution in [3.63, 3.8) is 0 Å². The van der Waals surface area contributed by atoms with Crippen molar-refractivity contribution >= 4 is 53.4 Å². The number of benzene rings is 4. The molecular weight excluding hydrogens is 508 g/mol. The number of fused-ring (bicyclic) bond motifs is 3. The second-order valence-corrected chi connectivity index (χ2v) is 12.6. The van der Waals surface area contributed by atoms with Gasteiger partial charge in [0.1, 0.15) is 11.2 Å². The van der Waals surface area contributed by atoms with E-state index in [4.69, 9.17) is 4.42 Å². The Balaban J connectivity index is 1.54. The number of anilines is 2. The van der Waals surface area contributed by atoms with E-state index >= 15 is 0 Å². The molecule has 7 nitrogen and oxygen atoms in total. The van der Waals surface area contributed by atoms with Gasteiger partial charge in [0.2, 0.25) is 0 Å². The average molecular weight is 535 g/mol. The molecule has 0 saturated carbocycles. The summed E-state index contributed by atoms with van der Waals surface area (Å²) in [7, 11) is -7.79. The van der Waals surface area contributed by atoms with Gasteiger partial charge in [-0.1, -0.05) is 35.4 Å². The molecule has 0 fully saturated rings. The Kier molecular flexibility index (Phi) is 6.00. The van der Waals surface area contributed by atoms with Gasteiger partial charge in [0, 0.05) is 10.8 Å². The maximum absolute atomic E-state index is 13.2. The van der Waals surface area contributed by atoms with Crippen LogP contribution in [0.25, 0.3) is 21.9 Å². The molecule has 9 heteroatoms. The second-order valence-electron chi connectivity index (χ2n) is 9.27. The summed E-state index contributed by atoms with van der Waals surface area (Å²) in [6, 6.07) is 20.0. The monoisotopic (exact) mass is 534 g/mol. The lowest BCUT2D eigenvalue weighted by atomic mass is 10.1. The minimum absolute atomic E-state index is 0.0457. The van der Waals surface area contributed by atoms with Gasteiger partial charge in [0.15, 0.2) is 0 Å². The zero-order valence-electron chi connectivity index (χ0n) is 20.8. The van der Waals surface area contributed by atoms with Crippen LogP contribution in [0.3, 0.4) is 0 Å². The normalized spacial score (nSPS) is 12.2. The standard InChI is InChI=1S/C28H26N2O5S2/c1-17-5-9-25(19(3)13-17)29-36(31,32)21-7-11-27-23(15-21)24-16-22(8-12-28(24)35-27)37(33,34)30-26-10-6-18(2)14-20(26)4/h5-16,29-30H,1-4H3. The minimum Gasteiger partial charge on any atom is -0.456 e. The van der Waals surface area contributed by atoms with Gasteiger partial charge in [0.25, 0.3) is 20.0 Å². The fourth-order valence-corrected chi connectivity index (χ4v) is 6.65. The van der Waals surface area contributed by atoms with E-state index in [1.807, 2.05) is 52.0 Å². The van der Waals surface area contributed by atoms with Crippen LogP contribution in [0, 0.1) is 27.7 Å². The molecule has 0 bridgehead atoms. The molecule has 2 N–H and O–H groups in total. The van der Waals surface area contributed by atoms with E-state index in [9.17, 15) is 16.8 Å². The van der Waals surface area contributed by atoms with Crippen molar-refractivity contribution in [3.05, 3.63) is 95.1 Å². The predicted octanol–water partition coefficient (Wildman–Crippen LogP) is 6.42. The number of sulfonamides is 2. The molecule has 0 unspecified atom stereocenters. The van der Waals surface area contributed by atoms with Crippen molar-refractivity contribution in [3.8, 4) is 0 Å². The molecule has 0 aliphatic carbocycles. The summed E-state index contributed by atoms with van der Waals surface area (Å²) in [5, 5.41) is 1.00. The fourth-order valence-electron chi connectivity index (χ4n) is 4.33. The molecule has 0 aliphatic heterocycles. The van der Waals surface area contributed by atoms with Gasteiger partial charge in [-0.15, -0.1) is 0 Å². The zero-order valence-corrected chi connectivity index (χ0v) is 22.4. The summed E-state index contributed by atoms with van der Waals surface area (Å²) in [6.07, 6.45) is 0. The maximum Gasteiger partial charge on any atom is 0.261 e. The van der Waals surface area contributed by atoms with Crippen LogP contribution < -0.4 is 9.44 Å². The van der Waals surface area contributed by atoms with Gasteiger partial charge in [-0.25, -0.2) is 16.8 Å². The number of rotatable bonds is 6. The third-order valence-electron chi connectivity index (χ3n) is 6.29. The topological polar surface area (TPSA) is 105 Å². The summed E-state index contributed by atoms with van der Waals surface area (Å²) in [6.45, 7) is 7.56. The lowest BCUT2D eigenvalue weighted by Gasteiger charge is -2.11. The summed E-state index contributed by atoms with van der Waals surface area (Å²) in [4.78, 5) is 0.0914. The van der Waals surface area contributed by atoms with Gasteiger partial charge < -0.3 is 4.42 Å². The second kappa shape index (κ2) is 8.93. The van der Waals surface area contributed by atoms with Crippen LogP contribution in [0.5, 0.6) is 0 Å². The number of hydrogen-bond acceptors (Lipinski definition) is 5. The third kappa shape index (κ3) is 4.80. The van der Waals surface area contributed by atoms with Crippen LogP contribution in [0.4, 0.5) is 11.4 Å². The highest BCUT2D eigenvalue weighted by molar-refractivity contribution is 7.93. The highest BCUT2D eigenvalue weighted by atomic mass is 32.2. The Morgan fingerprint density at radius 3 is 1.32 bits per heavy atom. The molecule has 0 amide bonds.